The molecule has 2 unspecified atom stereocenters. The Morgan fingerprint density at radius 2 is 1.86 bits per heavy atom. The van der Waals surface area contributed by atoms with Crippen molar-refractivity contribution in [2.75, 3.05) is 31.1 Å². The van der Waals surface area contributed by atoms with E-state index in [-0.39, 0.29) is 0 Å². The van der Waals surface area contributed by atoms with E-state index in [1.165, 1.54) is 0 Å². The lowest BCUT2D eigenvalue weighted by atomic mass is 10.0. The molecule has 3 aromatic heterocycles. The summed E-state index contributed by atoms with van der Waals surface area (Å²) in [5, 5.41) is 19.5. The van der Waals surface area contributed by atoms with Gasteiger partial charge in [-0.1, -0.05) is 12.1 Å². The fourth-order valence-electron chi connectivity index (χ4n) is 4.46. The van der Waals surface area contributed by atoms with Gasteiger partial charge >= 0.3 is 0 Å². The lowest BCUT2D eigenvalue weighted by Gasteiger charge is -2.18. The van der Waals surface area contributed by atoms with Crippen molar-refractivity contribution in [3.8, 4) is 22.4 Å². The maximum atomic E-state index is 4.59. The average molecular weight is 389 g/mol. The first-order chi connectivity index (χ1) is 13.9. The van der Waals surface area contributed by atoms with Crippen molar-refractivity contribution in [1.29, 1.82) is 0 Å². The molecule has 5 heterocycles. The Hall–Kier alpha value is -2.84. The standard InChI is InChI=1S/C20H19N7S/c1-2-16(20-19(22-11-28-20)15(1)12-7-23-24-8-12)17-3-4-18(26-25-17)27-9-13-5-21-6-14(13)10-27/h1-4,7-8,11,13-14,21H,5-6,9-10H2,(H,23,24). The number of hydrogen-bond acceptors (Lipinski definition) is 7. The summed E-state index contributed by atoms with van der Waals surface area (Å²) >= 11 is 1.63. The molecule has 2 fully saturated rings. The van der Waals surface area contributed by atoms with E-state index in [4.69, 9.17) is 0 Å². The topological polar surface area (TPSA) is 82.6 Å². The van der Waals surface area contributed by atoms with Gasteiger partial charge in [0.25, 0.3) is 0 Å². The molecule has 6 rings (SSSR count). The number of fused-ring (bicyclic) bond motifs is 2. The van der Waals surface area contributed by atoms with Gasteiger partial charge in [0, 0.05) is 49.1 Å². The zero-order chi connectivity index (χ0) is 18.5. The smallest absolute Gasteiger partial charge is 0.151 e. The van der Waals surface area contributed by atoms with Crippen molar-refractivity contribution in [1.82, 2.24) is 30.7 Å². The molecule has 0 radical (unpaired) electrons. The lowest BCUT2D eigenvalue weighted by Crippen LogP contribution is -2.26. The van der Waals surface area contributed by atoms with Crippen molar-refractivity contribution in [3.63, 3.8) is 0 Å². The first-order valence-electron chi connectivity index (χ1n) is 9.52. The van der Waals surface area contributed by atoms with Gasteiger partial charge in [0.15, 0.2) is 5.82 Å². The van der Waals surface area contributed by atoms with Gasteiger partial charge in [0.2, 0.25) is 0 Å². The summed E-state index contributed by atoms with van der Waals surface area (Å²) in [6.45, 7) is 4.40. The zero-order valence-electron chi connectivity index (χ0n) is 15.2. The predicted octanol–water partition coefficient (Wildman–Crippen LogP) is 2.80. The first kappa shape index (κ1) is 16.1. The van der Waals surface area contributed by atoms with E-state index in [9.17, 15) is 0 Å². The fourth-order valence-corrected chi connectivity index (χ4v) is 5.30. The van der Waals surface area contributed by atoms with Crippen molar-refractivity contribution < 1.29 is 0 Å². The van der Waals surface area contributed by atoms with E-state index in [2.05, 4.69) is 59.9 Å². The molecule has 0 aliphatic carbocycles. The molecular weight excluding hydrogens is 370 g/mol. The molecular formula is C20H19N7S. The molecule has 1 aromatic carbocycles. The minimum absolute atomic E-state index is 0.744. The normalized spacial score (nSPS) is 21.5. The Balaban J connectivity index is 1.34. The number of thiazole rings is 1. The van der Waals surface area contributed by atoms with Crippen LogP contribution < -0.4 is 10.2 Å². The molecule has 0 amide bonds. The second kappa shape index (κ2) is 6.35. The number of benzene rings is 1. The van der Waals surface area contributed by atoms with Crippen LogP contribution in [0.3, 0.4) is 0 Å². The van der Waals surface area contributed by atoms with Gasteiger partial charge in [-0.3, -0.25) is 5.10 Å². The molecule has 4 aromatic rings. The summed E-state index contributed by atoms with van der Waals surface area (Å²) < 4.78 is 1.13. The monoisotopic (exact) mass is 389 g/mol. The van der Waals surface area contributed by atoms with Crippen LogP contribution >= 0.6 is 11.3 Å². The Labute approximate surface area is 165 Å². The van der Waals surface area contributed by atoms with Gasteiger partial charge < -0.3 is 10.2 Å². The first-order valence-corrected chi connectivity index (χ1v) is 10.4. The average Bonchev–Trinajstić information content (AvgIpc) is 3.51. The summed E-state index contributed by atoms with van der Waals surface area (Å²) in [5.74, 6) is 2.47. The van der Waals surface area contributed by atoms with Crippen LogP contribution in [0.5, 0.6) is 0 Å². The van der Waals surface area contributed by atoms with Crippen LogP contribution in [0.2, 0.25) is 0 Å². The maximum Gasteiger partial charge on any atom is 0.151 e. The highest BCUT2D eigenvalue weighted by atomic mass is 32.1. The summed E-state index contributed by atoms with van der Waals surface area (Å²) in [4.78, 5) is 6.96. The van der Waals surface area contributed by atoms with Gasteiger partial charge in [0.1, 0.15) is 0 Å². The van der Waals surface area contributed by atoms with E-state index < -0.39 is 0 Å². The summed E-state index contributed by atoms with van der Waals surface area (Å²) in [6, 6.07) is 8.39. The third kappa shape index (κ3) is 2.52. The van der Waals surface area contributed by atoms with Gasteiger partial charge in [-0.05, 0) is 24.0 Å². The molecule has 2 N–H and O–H groups in total. The third-order valence-corrected chi connectivity index (χ3v) is 6.79. The van der Waals surface area contributed by atoms with Crippen LogP contribution in [-0.2, 0) is 0 Å². The van der Waals surface area contributed by atoms with Crippen molar-refractivity contribution in [3.05, 3.63) is 42.2 Å². The molecule has 0 bridgehead atoms. The molecule has 0 spiro atoms. The van der Waals surface area contributed by atoms with Crippen LogP contribution in [0.25, 0.3) is 32.6 Å². The summed E-state index contributed by atoms with van der Waals surface area (Å²) in [6.07, 6.45) is 3.71. The second-order valence-corrected chi connectivity index (χ2v) is 8.39. The number of aromatic nitrogens is 5. The van der Waals surface area contributed by atoms with Crippen LogP contribution in [0.15, 0.2) is 42.2 Å². The SMILES string of the molecule is c1nc2c(-c3cn[nH]c3)ccc(-c3ccc(N4CC5CNCC5C4)nn3)c2s1. The van der Waals surface area contributed by atoms with Crippen molar-refractivity contribution in [2.24, 2.45) is 11.8 Å². The Bertz CT molecular complexity index is 1110. The molecule has 2 atom stereocenters. The largest absolute Gasteiger partial charge is 0.354 e. The summed E-state index contributed by atoms with van der Waals surface area (Å²) in [7, 11) is 0. The zero-order valence-corrected chi connectivity index (χ0v) is 16.0. The van der Waals surface area contributed by atoms with Gasteiger partial charge in [-0.25, -0.2) is 4.98 Å². The molecule has 8 heteroatoms. The minimum atomic E-state index is 0.744. The molecule has 2 aliphatic rings. The molecule has 140 valence electrons. The van der Waals surface area contributed by atoms with E-state index in [1.807, 2.05) is 17.9 Å². The highest BCUT2D eigenvalue weighted by Crippen LogP contribution is 2.36. The molecule has 0 saturated carbocycles. The van der Waals surface area contributed by atoms with Gasteiger partial charge in [0.05, 0.1) is 27.6 Å². The number of hydrogen-bond donors (Lipinski definition) is 2. The fraction of sp³-hybridized carbons (Fsp3) is 0.300. The number of H-pyrrole nitrogens is 1. The van der Waals surface area contributed by atoms with E-state index in [0.29, 0.717) is 0 Å². The Morgan fingerprint density at radius 1 is 1.00 bits per heavy atom. The minimum Gasteiger partial charge on any atom is -0.354 e. The van der Waals surface area contributed by atoms with Gasteiger partial charge in [-0.2, -0.15) is 5.10 Å². The summed E-state index contributed by atoms with van der Waals surface area (Å²) in [5.41, 5.74) is 6.95. The highest BCUT2D eigenvalue weighted by molar-refractivity contribution is 7.17. The molecule has 7 nitrogen and oxygen atoms in total. The predicted molar refractivity (Wildman–Crippen MR) is 110 cm³/mol. The Morgan fingerprint density at radius 3 is 2.61 bits per heavy atom. The third-order valence-electron chi connectivity index (χ3n) is 5.93. The van der Waals surface area contributed by atoms with Crippen LogP contribution in [-0.4, -0.2) is 51.6 Å². The second-order valence-electron chi connectivity index (χ2n) is 7.54. The van der Waals surface area contributed by atoms with E-state index in [1.54, 1.807) is 11.3 Å². The van der Waals surface area contributed by atoms with Crippen LogP contribution in [0.4, 0.5) is 5.82 Å². The Kier molecular flexibility index (Phi) is 3.66. The van der Waals surface area contributed by atoms with Crippen molar-refractivity contribution in [2.45, 2.75) is 0 Å². The maximum absolute atomic E-state index is 4.59. The quantitative estimate of drug-likeness (QED) is 0.561. The molecule has 2 saturated heterocycles. The number of anilines is 1. The highest BCUT2D eigenvalue weighted by Gasteiger charge is 2.36. The number of rotatable bonds is 3. The van der Waals surface area contributed by atoms with Crippen LogP contribution in [0.1, 0.15) is 0 Å². The van der Waals surface area contributed by atoms with Gasteiger partial charge in [-0.15, -0.1) is 21.5 Å². The lowest BCUT2D eigenvalue weighted by molar-refractivity contribution is 0.533. The van der Waals surface area contributed by atoms with Crippen molar-refractivity contribution >= 4 is 27.4 Å². The van der Waals surface area contributed by atoms with E-state index in [0.717, 1.165) is 76.4 Å². The molecule has 2 aliphatic heterocycles. The number of aromatic amines is 1. The number of nitrogens with one attached hydrogen (secondary N) is 2. The molecule has 28 heavy (non-hydrogen) atoms. The van der Waals surface area contributed by atoms with E-state index >= 15 is 0 Å². The van der Waals surface area contributed by atoms with Crippen LogP contribution in [0, 0.1) is 11.8 Å². The number of nitrogens with zero attached hydrogens (tertiary/aromatic N) is 5.